The molecule has 9 nitrogen and oxygen atoms in total. The van der Waals surface area contributed by atoms with Crippen LogP contribution in [0.2, 0.25) is 0 Å². The minimum Gasteiger partial charge on any atom is -0.377 e. The summed E-state index contributed by atoms with van der Waals surface area (Å²) in [5.41, 5.74) is 5.89. The van der Waals surface area contributed by atoms with Crippen molar-refractivity contribution in [3.63, 3.8) is 0 Å². The number of methoxy groups -OCH3 is 1. The van der Waals surface area contributed by atoms with E-state index < -0.39 is 33.6 Å². The topological polar surface area (TPSA) is 129 Å². The first kappa shape index (κ1) is 19.4. The normalized spacial score (nSPS) is 20.8. The number of rotatable bonds is 7. The second-order valence-corrected chi connectivity index (χ2v) is 8.27. The van der Waals surface area contributed by atoms with Crippen LogP contribution in [0.4, 0.5) is 4.39 Å². The average Bonchev–Trinajstić information content (AvgIpc) is 3.24. The molecule has 1 fully saturated rings. The molecule has 146 valence electrons. The van der Waals surface area contributed by atoms with Crippen molar-refractivity contribution in [2.24, 2.45) is 11.7 Å². The maximum Gasteiger partial charge on any atom is 0.232 e. The molecule has 2 atom stereocenters. The first-order chi connectivity index (χ1) is 12.8. The number of halogens is 1. The predicted molar refractivity (Wildman–Crippen MR) is 91.0 cm³/mol. The molecule has 1 aliphatic rings. The highest BCUT2D eigenvalue weighted by Gasteiger charge is 2.44. The molecule has 11 heteroatoms. The Balaban J connectivity index is 1.80. The number of carbonyl (C=O) groups is 1. The summed E-state index contributed by atoms with van der Waals surface area (Å²) in [5, 5.41) is 3.74. The zero-order valence-electron chi connectivity index (χ0n) is 14.5. The van der Waals surface area contributed by atoms with Crippen LogP contribution in [-0.2, 0) is 31.9 Å². The zero-order chi connectivity index (χ0) is 19.6. The molecule has 1 saturated heterocycles. The minimum atomic E-state index is -3.75. The van der Waals surface area contributed by atoms with E-state index in [1.807, 2.05) is 0 Å². The molecule has 1 aromatic heterocycles. The van der Waals surface area contributed by atoms with Gasteiger partial charge in [0.25, 0.3) is 0 Å². The number of ether oxygens (including phenoxy) is 1. The Morgan fingerprint density at radius 1 is 1.37 bits per heavy atom. The lowest BCUT2D eigenvalue weighted by Crippen LogP contribution is -2.32. The smallest absolute Gasteiger partial charge is 0.232 e. The molecule has 2 aromatic rings. The van der Waals surface area contributed by atoms with Gasteiger partial charge in [0.2, 0.25) is 21.8 Å². The molecule has 0 unspecified atom stereocenters. The van der Waals surface area contributed by atoms with Gasteiger partial charge < -0.3 is 15.0 Å². The third-order valence-corrected chi connectivity index (χ3v) is 6.17. The summed E-state index contributed by atoms with van der Waals surface area (Å²) in [4.78, 5) is 16.0. The number of primary amides is 1. The maximum absolute atomic E-state index is 13.0. The Hall–Kier alpha value is -2.37. The number of nitrogens with two attached hydrogens (primary N) is 1. The van der Waals surface area contributed by atoms with Crippen molar-refractivity contribution in [2.75, 3.05) is 20.2 Å². The Labute approximate surface area is 155 Å². The summed E-state index contributed by atoms with van der Waals surface area (Å²) in [5.74, 6) is -2.40. The van der Waals surface area contributed by atoms with Gasteiger partial charge in [-0.1, -0.05) is 17.3 Å². The summed E-state index contributed by atoms with van der Waals surface area (Å²) >= 11 is 0. The molecule has 2 N–H and O–H groups in total. The van der Waals surface area contributed by atoms with Crippen molar-refractivity contribution >= 4 is 15.9 Å². The fraction of sp³-hybridized carbons (Fsp3) is 0.438. The first-order valence-electron chi connectivity index (χ1n) is 8.13. The van der Waals surface area contributed by atoms with Gasteiger partial charge in [0, 0.05) is 20.2 Å². The molecule has 0 spiro atoms. The molecule has 3 rings (SSSR count). The van der Waals surface area contributed by atoms with Gasteiger partial charge in [-0.15, -0.1) is 0 Å². The van der Waals surface area contributed by atoms with Crippen LogP contribution in [0.3, 0.4) is 0 Å². The molecule has 0 bridgehead atoms. The van der Waals surface area contributed by atoms with Crippen LogP contribution in [0.1, 0.15) is 23.2 Å². The van der Waals surface area contributed by atoms with Crippen molar-refractivity contribution in [1.82, 2.24) is 14.4 Å². The van der Waals surface area contributed by atoms with Gasteiger partial charge in [-0.05, 0) is 17.7 Å². The quantitative estimate of drug-likeness (QED) is 0.714. The van der Waals surface area contributed by atoms with Gasteiger partial charge >= 0.3 is 0 Å². The molecule has 1 aliphatic heterocycles. The third-order valence-electron chi connectivity index (χ3n) is 4.38. The highest BCUT2D eigenvalue weighted by Crippen LogP contribution is 2.34. The molecule has 27 heavy (non-hydrogen) atoms. The first-order valence-corrected chi connectivity index (χ1v) is 9.74. The Bertz CT molecular complexity index is 915. The SMILES string of the molecule is COCc1noc([C@@H]2CN(S(=O)(=O)Cc3ccc(F)cc3)C[C@H]2C(N)=O)n1. The van der Waals surface area contributed by atoms with Crippen LogP contribution in [0.15, 0.2) is 28.8 Å². The average molecular weight is 398 g/mol. The van der Waals surface area contributed by atoms with Crippen molar-refractivity contribution < 1.29 is 26.9 Å². The van der Waals surface area contributed by atoms with Gasteiger partial charge in [0.05, 0.1) is 17.6 Å². The highest BCUT2D eigenvalue weighted by molar-refractivity contribution is 7.88. The molecule has 0 radical (unpaired) electrons. The molecular weight excluding hydrogens is 379 g/mol. The fourth-order valence-corrected chi connectivity index (χ4v) is 4.59. The van der Waals surface area contributed by atoms with E-state index in [4.69, 9.17) is 15.0 Å². The lowest BCUT2D eigenvalue weighted by atomic mass is 9.95. The standard InChI is InChI=1S/C16H19FN4O5S/c1-25-8-14-19-16(26-20-14)13-7-21(6-12(13)15(18)22)27(23,24)9-10-2-4-11(17)5-3-10/h2-5,12-13H,6-9H2,1H3,(H2,18,22)/t12-,13-/m1/s1. The van der Waals surface area contributed by atoms with Crippen LogP contribution in [0.5, 0.6) is 0 Å². The predicted octanol–water partition coefficient (Wildman–Crippen LogP) is 0.386. The van der Waals surface area contributed by atoms with E-state index in [9.17, 15) is 17.6 Å². The van der Waals surface area contributed by atoms with Gasteiger partial charge in [0.1, 0.15) is 12.4 Å². The van der Waals surface area contributed by atoms with E-state index in [1.165, 1.54) is 35.7 Å². The largest absolute Gasteiger partial charge is 0.377 e. The van der Waals surface area contributed by atoms with E-state index in [0.29, 0.717) is 11.4 Å². The number of sulfonamides is 1. The van der Waals surface area contributed by atoms with Gasteiger partial charge in [-0.3, -0.25) is 4.79 Å². The fourth-order valence-electron chi connectivity index (χ4n) is 3.02. The number of carbonyl (C=O) groups excluding carboxylic acids is 1. The molecular formula is C16H19FN4O5S. The second-order valence-electron chi connectivity index (χ2n) is 6.30. The number of nitrogens with zero attached hydrogens (tertiary/aromatic N) is 3. The van der Waals surface area contributed by atoms with E-state index in [-0.39, 0.29) is 31.3 Å². The van der Waals surface area contributed by atoms with E-state index in [2.05, 4.69) is 10.1 Å². The summed E-state index contributed by atoms with van der Waals surface area (Å²) in [6.45, 7) is 0.0430. The summed E-state index contributed by atoms with van der Waals surface area (Å²) < 4.78 is 49.7. The van der Waals surface area contributed by atoms with Crippen LogP contribution in [0, 0.1) is 11.7 Å². The second kappa shape index (κ2) is 7.71. The molecule has 0 saturated carbocycles. The van der Waals surface area contributed by atoms with Crippen LogP contribution in [-0.4, -0.2) is 49.0 Å². The van der Waals surface area contributed by atoms with Crippen molar-refractivity contribution in [3.8, 4) is 0 Å². The number of amides is 1. The zero-order valence-corrected chi connectivity index (χ0v) is 15.4. The summed E-state index contributed by atoms with van der Waals surface area (Å²) in [6, 6.07) is 5.20. The molecule has 0 aliphatic carbocycles. The Morgan fingerprint density at radius 3 is 2.70 bits per heavy atom. The summed E-state index contributed by atoms with van der Waals surface area (Å²) in [6.07, 6.45) is 0. The number of aromatic nitrogens is 2. The van der Waals surface area contributed by atoms with Crippen LogP contribution >= 0.6 is 0 Å². The molecule has 1 aromatic carbocycles. The van der Waals surface area contributed by atoms with Gasteiger partial charge in [-0.25, -0.2) is 12.8 Å². The van der Waals surface area contributed by atoms with Crippen LogP contribution in [0.25, 0.3) is 0 Å². The molecule has 1 amide bonds. The number of benzene rings is 1. The minimum absolute atomic E-state index is 0.00818. The van der Waals surface area contributed by atoms with E-state index in [0.717, 1.165) is 0 Å². The van der Waals surface area contributed by atoms with Crippen molar-refractivity contribution in [2.45, 2.75) is 18.3 Å². The van der Waals surface area contributed by atoms with Crippen molar-refractivity contribution in [1.29, 1.82) is 0 Å². The Morgan fingerprint density at radius 2 is 2.07 bits per heavy atom. The van der Waals surface area contributed by atoms with E-state index in [1.54, 1.807) is 0 Å². The highest BCUT2D eigenvalue weighted by atomic mass is 32.2. The maximum atomic E-state index is 13.0. The number of hydrogen-bond donors (Lipinski definition) is 1. The van der Waals surface area contributed by atoms with Gasteiger partial charge in [0.15, 0.2) is 5.82 Å². The monoisotopic (exact) mass is 398 g/mol. The molecule has 2 heterocycles. The van der Waals surface area contributed by atoms with Gasteiger partial charge in [-0.2, -0.15) is 9.29 Å². The van der Waals surface area contributed by atoms with Crippen LogP contribution < -0.4 is 5.73 Å². The Kier molecular flexibility index (Phi) is 5.53. The van der Waals surface area contributed by atoms with E-state index >= 15 is 0 Å². The lowest BCUT2D eigenvalue weighted by Gasteiger charge is -2.16. The summed E-state index contributed by atoms with van der Waals surface area (Å²) in [7, 11) is -2.27. The third kappa shape index (κ3) is 4.31. The van der Waals surface area contributed by atoms with Crippen molar-refractivity contribution in [3.05, 3.63) is 47.4 Å². The number of hydrogen-bond acceptors (Lipinski definition) is 7. The lowest BCUT2D eigenvalue weighted by molar-refractivity contribution is -0.121.